The summed E-state index contributed by atoms with van der Waals surface area (Å²) in [6, 6.07) is 0. The molecule has 1 rings (SSSR count). The number of hydrogen-bond donors (Lipinski definition) is 2. The summed E-state index contributed by atoms with van der Waals surface area (Å²) in [4.78, 5) is 10.9. The van der Waals surface area contributed by atoms with Crippen LogP contribution >= 0.6 is 0 Å². The topological polar surface area (TPSA) is 49.3 Å². The van der Waals surface area contributed by atoms with Crippen LogP contribution in [0.1, 0.15) is 25.7 Å². The van der Waals surface area contributed by atoms with E-state index in [0.717, 1.165) is 19.3 Å². The van der Waals surface area contributed by atoms with E-state index < -0.39 is 5.60 Å². The van der Waals surface area contributed by atoms with Crippen molar-refractivity contribution >= 4 is 5.91 Å². The summed E-state index contributed by atoms with van der Waals surface area (Å²) in [6.07, 6.45) is 4.56. The molecule has 0 saturated heterocycles. The van der Waals surface area contributed by atoms with Crippen LogP contribution in [0.3, 0.4) is 0 Å². The van der Waals surface area contributed by atoms with Gasteiger partial charge in [0, 0.05) is 13.0 Å². The Morgan fingerprint density at radius 1 is 1.67 bits per heavy atom. The molecular weight excluding hydrogens is 154 g/mol. The van der Waals surface area contributed by atoms with Gasteiger partial charge in [-0.15, -0.1) is 6.58 Å². The maximum Gasteiger partial charge on any atom is 0.223 e. The molecule has 0 aromatic carbocycles. The molecule has 0 radical (unpaired) electrons. The van der Waals surface area contributed by atoms with Gasteiger partial charge in [0.25, 0.3) is 0 Å². The molecule has 1 saturated carbocycles. The number of aliphatic hydroxyl groups is 1. The minimum absolute atomic E-state index is 0.0645. The normalized spacial score (nSPS) is 19.4. The van der Waals surface area contributed by atoms with Gasteiger partial charge in [-0.3, -0.25) is 4.79 Å². The third-order valence-electron chi connectivity index (χ3n) is 2.23. The molecule has 0 aliphatic heterocycles. The van der Waals surface area contributed by atoms with Gasteiger partial charge >= 0.3 is 0 Å². The number of carbonyl (C=O) groups excluding carboxylic acids is 1. The van der Waals surface area contributed by atoms with Gasteiger partial charge in [-0.25, -0.2) is 0 Å². The summed E-state index contributed by atoms with van der Waals surface area (Å²) in [7, 11) is 0. The lowest BCUT2D eigenvalue weighted by Gasteiger charge is -2.36. The van der Waals surface area contributed by atoms with Crippen LogP contribution in [0, 0.1) is 0 Å². The van der Waals surface area contributed by atoms with E-state index >= 15 is 0 Å². The fourth-order valence-electron chi connectivity index (χ4n) is 1.23. The molecule has 0 aromatic heterocycles. The van der Waals surface area contributed by atoms with Crippen molar-refractivity contribution in [3.63, 3.8) is 0 Å². The molecule has 0 aromatic rings. The molecule has 0 atom stereocenters. The van der Waals surface area contributed by atoms with Gasteiger partial charge in [0.1, 0.15) is 0 Å². The van der Waals surface area contributed by atoms with E-state index in [0.29, 0.717) is 13.0 Å². The maximum absolute atomic E-state index is 10.9. The number of carbonyl (C=O) groups is 1. The molecule has 0 bridgehead atoms. The fraction of sp³-hybridized carbons (Fsp3) is 0.667. The summed E-state index contributed by atoms with van der Waals surface area (Å²) in [5, 5.41) is 12.3. The first-order chi connectivity index (χ1) is 5.66. The third-order valence-corrected chi connectivity index (χ3v) is 2.23. The highest BCUT2D eigenvalue weighted by molar-refractivity contribution is 5.77. The van der Waals surface area contributed by atoms with Crippen LogP contribution in [0.4, 0.5) is 0 Å². The second-order valence-electron chi connectivity index (χ2n) is 3.35. The van der Waals surface area contributed by atoms with Gasteiger partial charge < -0.3 is 10.4 Å². The molecule has 3 nitrogen and oxygen atoms in total. The highest BCUT2D eigenvalue weighted by Gasteiger charge is 2.34. The standard InChI is InChI=1S/C9H15NO2/c1-2-4-8(11)10-7-9(12)5-3-6-9/h2,12H,1,3-7H2,(H,10,11). The first-order valence-electron chi connectivity index (χ1n) is 4.26. The Balaban J connectivity index is 2.16. The summed E-state index contributed by atoms with van der Waals surface area (Å²) >= 11 is 0. The Labute approximate surface area is 72.5 Å². The smallest absolute Gasteiger partial charge is 0.223 e. The lowest BCUT2D eigenvalue weighted by molar-refractivity contribution is -0.122. The quantitative estimate of drug-likeness (QED) is 0.605. The molecule has 1 fully saturated rings. The number of hydrogen-bond acceptors (Lipinski definition) is 2. The van der Waals surface area contributed by atoms with E-state index in [9.17, 15) is 9.90 Å². The van der Waals surface area contributed by atoms with E-state index in [2.05, 4.69) is 11.9 Å². The second-order valence-corrected chi connectivity index (χ2v) is 3.35. The van der Waals surface area contributed by atoms with E-state index in [1.54, 1.807) is 6.08 Å². The average molecular weight is 169 g/mol. The van der Waals surface area contributed by atoms with Crippen LogP contribution < -0.4 is 5.32 Å². The van der Waals surface area contributed by atoms with Gasteiger partial charge in [0.15, 0.2) is 0 Å². The minimum Gasteiger partial charge on any atom is -0.388 e. The van der Waals surface area contributed by atoms with E-state index in [4.69, 9.17) is 0 Å². The van der Waals surface area contributed by atoms with Crippen molar-refractivity contribution in [2.75, 3.05) is 6.54 Å². The number of rotatable bonds is 4. The van der Waals surface area contributed by atoms with Gasteiger partial charge in [-0.2, -0.15) is 0 Å². The first kappa shape index (κ1) is 9.26. The molecule has 12 heavy (non-hydrogen) atoms. The minimum atomic E-state index is -0.614. The predicted octanol–water partition coefficient (Wildman–Crippen LogP) is 0.594. The van der Waals surface area contributed by atoms with Crippen LogP contribution in [-0.2, 0) is 4.79 Å². The van der Waals surface area contributed by atoms with E-state index in [1.807, 2.05) is 0 Å². The molecular formula is C9H15NO2. The van der Waals surface area contributed by atoms with Crippen LogP contribution in [0.25, 0.3) is 0 Å². The zero-order valence-corrected chi connectivity index (χ0v) is 7.18. The second kappa shape index (κ2) is 3.72. The Morgan fingerprint density at radius 3 is 2.75 bits per heavy atom. The zero-order valence-electron chi connectivity index (χ0n) is 7.18. The Morgan fingerprint density at radius 2 is 2.33 bits per heavy atom. The summed E-state index contributed by atoms with van der Waals surface area (Å²) in [6.45, 7) is 3.84. The molecule has 68 valence electrons. The van der Waals surface area contributed by atoms with Crippen LogP contribution in [0.2, 0.25) is 0 Å². The first-order valence-corrected chi connectivity index (χ1v) is 4.26. The molecule has 0 heterocycles. The Hall–Kier alpha value is -0.830. The molecule has 0 spiro atoms. The van der Waals surface area contributed by atoms with Crippen LogP contribution in [0.5, 0.6) is 0 Å². The summed E-state index contributed by atoms with van der Waals surface area (Å²) in [5.74, 6) is -0.0645. The van der Waals surface area contributed by atoms with Crippen molar-refractivity contribution < 1.29 is 9.90 Å². The fourth-order valence-corrected chi connectivity index (χ4v) is 1.23. The third kappa shape index (κ3) is 2.34. The number of nitrogens with one attached hydrogen (secondary N) is 1. The van der Waals surface area contributed by atoms with Crippen molar-refractivity contribution in [3.8, 4) is 0 Å². The SMILES string of the molecule is C=CCC(=O)NCC1(O)CCC1. The molecule has 2 N–H and O–H groups in total. The Bertz CT molecular complexity index is 185. The lowest BCUT2D eigenvalue weighted by atomic mass is 9.80. The molecule has 0 unspecified atom stereocenters. The van der Waals surface area contributed by atoms with Gasteiger partial charge in [-0.1, -0.05) is 6.08 Å². The maximum atomic E-state index is 10.9. The van der Waals surface area contributed by atoms with Crippen molar-refractivity contribution in [2.24, 2.45) is 0 Å². The van der Waals surface area contributed by atoms with Crippen LogP contribution in [-0.4, -0.2) is 23.2 Å². The monoisotopic (exact) mass is 169 g/mol. The molecule has 1 aliphatic rings. The lowest BCUT2D eigenvalue weighted by Crippen LogP contribution is -2.47. The van der Waals surface area contributed by atoms with Crippen molar-refractivity contribution in [1.29, 1.82) is 0 Å². The van der Waals surface area contributed by atoms with Crippen molar-refractivity contribution in [2.45, 2.75) is 31.3 Å². The predicted molar refractivity (Wildman–Crippen MR) is 46.6 cm³/mol. The highest BCUT2D eigenvalue weighted by Crippen LogP contribution is 2.30. The zero-order chi connectivity index (χ0) is 9.03. The van der Waals surface area contributed by atoms with Crippen LogP contribution in [0.15, 0.2) is 12.7 Å². The molecule has 3 heteroatoms. The van der Waals surface area contributed by atoms with Gasteiger partial charge in [-0.05, 0) is 19.3 Å². The highest BCUT2D eigenvalue weighted by atomic mass is 16.3. The van der Waals surface area contributed by atoms with E-state index in [1.165, 1.54) is 0 Å². The average Bonchev–Trinajstić information content (AvgIpc) is 1.98. The van der Waals surface area contributed by atoms with Gasteiger partial charge in [0.2, 0.25) is 5.91 Å². The summed E-state index contributed by atoms with van der Waals surface area (Å²) < 4.78 is 0. The number of amides is 1. The van der Waals surface area contributed by atoms with Crippen molar-refractivity contribution in [3.05, 3.63) is 12.7 Å². The molecule has 1 aliphatic carbocycles. The van der Waals surface area contributed by atoms with Crippen molar-refractivity contribution in [1.82, 2.24) is 5.32 Å². The summed E-state index contributed by atoms with van der Waals surface area (Å²) in [5.41, 5.74) is -0.614. The Kier molecular flexibility index (Phi) is 2.87. The largest absolute Gasteiger partial charge is 0.388 e. The molecule has 1 amide bonds. The van der Waals surface area contributed by atoms with E-state index in [-0.39, 0.29) is 5.91 Å². The van der Waals surface area contributed by atoms with Gasteiger partial charge in [0.05, 0.1) is 5.60 Å².